The van der Waals surface area contributed by atoms with Crippen molar-refractivity contribution in [1.82, 2.24) is 4.57 Å². The minimum Gasteiger partial charge on any atom is -0.324 e. The van der Waals surface area contributed by atoms with Crippen LogP contribution in [0.3, 0.4) is 0 Å². The fourth-order valence-corrected chi connectivity index (χ4v) is 3.52. The molecule has 0 saturated heterocycles. The Morgan fingerprint density at radius 1 is 1.25 bits per heavy atom. The third-order valence-corrected chi connectivity index (χ3v) is 4.48. The van der Waals surface area contributed by atoms with Crippen LogP contribution in [0.5, 0.6) is 0 Å². The molecule has 1 unspecified atom stereocenters. The number of halogens is 1. The normalized spacial score (nSPS) is 20.8. The molecule has 1 atom stereocenters. The quantitative estimate of drug-likeness (QED) is 0.828. The fourth-order valence-electron chi connectivity index (χ4n) is 3.40. The van der Waals surface area contributed by atoms with Gasteiger partial charge in [-0.3, -0.25) is 0 Å². The maximum Gasteiger partial charge on any atom is 0.0456 e. The topological polar surface area (TPSA) is 30.9 Å². The zero-order chi connectivity index (χ0) is 14.5. The maximum atomic E-state index is 6.37. The van der Waals surface area contributed by atoms with E-state index in [0.29, 0.717) is 0 Å². The monoisotopic (exact) mass is 288 g/mol. The first-order valence-corrected chi connectivity index (χ1v) is 7.48. The summed E-state index contributed by atoms with van der Waals surface area (Å²) in [6.07, 6.45) is 2.11. The van der Waals surface area contributed by atoms with Crippen LogP contribution in [0.2, 0.25) is 5.02 Å². The number of nitrogens with two attached hydrogens (primary N) is 1. The second-order valence-corrected chi connectivity index (χ2v) is 7.09. The number of hydrogen-bond donors (Lipinski definition) is 1. The summed E-state index contributed by atoms with van der Waals surface area (Å²) < 4.78 is 2.33. The van der Waals surface area contributed by atoms with E-state index in [9.17, 15) is 0 Å². The van der Waals surface area contributed by atoms with E-state index in [1.165, 1.54) is 17.0 Å². The molecule has 1 aliphatic rings. The number of rotatable bonds is 1. The summed E-state index contributed by atoms with van der Waals surface area (Å²) in [6.45, 7) is 6.74. The number of aromatic nitrogens is 1. The van der Waals surface area contributed by atoms with Crippen molar-refractivity contribution in [2.24, 2.45) is 11.1 Å². The summed E-state index contributed by atoms with van der Waals surface area (Å²) in [5.74, 6) is 0. The van der Waals surface area contributed by atoms with Gasteiger partial charge in [0.2, 0.25) is 0 Å². The number of nitrogens with zero attached hydrogens (tertiary/aromatic N) is 1. The van der Waals surface area contributed by atoms with E-state index in [1.807, 2.05) is 12.1 Å². The summed E-state index contributed by atoms with van der Waals surface area (Å²) in [4.78, 5) is 0. The molecule has 20 heavy (non-hydrogen) atoms. The molecule has 0 aliphatic heterocycles. The molecule has 2 nitrogen and oxygen atoms in total. The lowest BCUT2D eigenvalue weighted by Crippen LogP contribution is -2.30. The first-order valence-electron chi connectivity index (χ1n) is 7.10. The number of hydrogen-bond acceptors (Lipinski definition) is 1. The zero-order valence-corrected chi connectivity index (χ0v) is 13.0. The van der Waals surface area contributed by atoms with Gasteiger partial charge in [0.05, 0.1) is 0 Å². The van der Waals surface area contributed by atoms with Crippen molar-refractivity contribution >= 4 is 11.6 Å². The fraction of sp³-hybridized carbons (Fsp3) is 0.412. The van der Waals surface area contributed by atoms with Crippen molar-refractivity contribution in [3.8, 4) is 5.69 Å². The Hall–Kier alpha value is -1.25. The Balaban J connectivity index is 2.16. The van der Waals surface area contributed by atoms with Crippen LogP contribution in [0, 0.1) is 12.3 Å². The molecular weight excluding hydrogens is 268 g/mol. The van der Waals surface area contributed by atoms with Crippen LogP contribution in [-0.4, -0.2) is 4.57 Å². The predicted molar refractivity (Wildman–Crippen MR) is 84.5 cm³/mol. The minimum absolute atomic E-state index is 0.140. The van der Waals surface area contributed by atoms with Gasteiger partial charge in [-0.25, -0.2) is 0 Å². The van der Waals surface area contributed by atoms with Gasteiger partial charge >= 0.3 is 0 Å². The summed E-state index contributed by atoms with van der Waals surface area (Å²) in [7, 11) is 0. The number of aryl methyl sites for hydroxylation is 1. The standard InChI is InChI=1S/C17H21ClN2/c1-11-8-14-15(19)9-17(2,3)10-16(14)20(11)13-6-4-12(18)5-7-13/h4-8,15H,9-10,19H2,1-3H3. The highest BCUT2D eigenvalue weighted by molar-refractivity contribution is 6.30. The second kappa shape index (κ2) is 4.64. The minimum atomic E-state index is 0.140. The molecule has 2 N–H and O–H groups in total. The van der Waals surface area contributed by atoms with E-state index < -0.39 is 0 Å². The molecule has 1 aromatic carbocycles. The molecule has 3 heteroatoms. The van der Waals surface area contributed by atoms with Gasteiger partial charge in [0.15, 0.2) is 0 Å². The molecule has 3 rings (SSSR count). The maximum absolute atomic E-state index is 6.37. The Morgan fingerprint density at radius 2 is 1.90 bits per heavy atom. The molecule has 0 radical (unpaired) electrons. The van der Waals surface area contributed by atoms with Gasteiger partial charge in [0.25, 0.3) is 0 Å². The van der Waals surface area contributed by atoms with Crippen molar-refractivity contribution in [2.45, 2.75) is 39.7 Å². The van der Waals surface area contributed by atoms with Gasteiger partial charge in [-0.2, -0.15) is 0 Å². The van der Waals surface area contributed by atoms with Crippen LogP contribution < -0.4 is 5.73 Å². The Kier molecular flexibility index (Phi) is 3.19. The predicted octanol–water partition coefficient (Wildman–Crippen LogP) is 4.41. The highest BCUT2D eigenvalue weighted by Crippen LogP contribution is 2.41. The van der Waals surface area contributed by atoms with Crippen molar-refractivity contribution in [2.75, 3.05) is 0 Å². The van der Waals surface area contributed by atoms with E-state index >= 15 is 0 Å². The van der Waals surface area contributed by atoms with Gasteiger partial charge < -0.3 is 10.3 Å². The lowest BCUT2D eigenvalue weighted by atomic mass is 9.74. The lowest BCUT2D eigenvalue weighted by Gasteiger charge is -2.34. The number of benzene rings is 1. The molecule has 1 heterocycles. The third-order valence-electron chi connectivity index (χ3n) is 4.22. The highest BCUT2D eigenvalue weighted by atomic mass is 35.5. The Morgan fingerprint density at radius 3 is 2.55 bits per heavy atom. The van der Waals surface area contributed by atoms with Gasteiger partial charge in [0.1, 0.15) is 0 Å². The molecule has 0 amide bonds. The lowest BCUT2D eigenvalue weighted by molar-refractivity contribution is 0.278. The van der Waals surface area contributed by atoms with Crippen molar-refractivity contribution in [3.05, 3.63) is 52.3 Å². The molecule has 1 aromatic heterocycles. The van der Waals surface area contributed by atoms with Crippen molar-refractivity contribution < 1.29 is 0 Å². The van der Waals surface area contributed by atoms with Gasteiger partial charge in [0, 0.05) is 28.1 Å². The zero-order valence-electron chi connectivity index (χ0n) is 12.3. The summed E-state index contributed by atoms with van der Waals surface area (Å²) in [5.41, 5.74) is 11.7. The third kappa shape index (κ3) is 2.27. The van der Waals surface area contributed by atoms with Crippen LogP contribution in [0.25, 0.3) is 5.69 Å². The second-order valence-electron chi connectivity index (χ2n) is 6.65. The Bertz CT molecular complexity index is 638. The molecule has 0 bridgehead atoms. The molecule has 0 fully saturated rings. The molecule has 0 saturated carbocycles. The van der Waals surface area contributed by atoms with E-state index in [1.54, 1.807) is 0 Å². The average Bonchev–Trinajstić information content (AvgIpc) is 2.66. The summed E-state index contributed by atoms with van der Waals surface area (Å²) in [6, 6.07) is 10.4. The molecule has 1 aliphatic carbocycles. The van der Waals surface area contributed by atoms with E-state index in [2.05, 4.69) is 43.5 Å². The van der Waals surface area contributed by atoms with Crippen molar-refractivity contribution in [3.63, 3.8) is 0 Å². The molecule has 106 valence electrons. The van der Waals surface area contributed by atoms with E-state index in [0.717, 1.165) is 23.6 Å². The first-order chi connectivity index (χ1) is 9.37. The van der Waals surface area contributed by atoms with Crippen molar-refractivity contribution in [1.29, 1.82) is 0 Å². The highest BCUT2D eigenvalue weighted by Gasteiger charge is 2.33. The van der Waals surface area contributed by atoms with E-state index in [4.69, 9.17) is 17.3 Å². The SMILES string of the molecule is Cc1cc2c(n1-c1ccc(Cl)cc1)CC(C)(C)CC2N. The van der Waals surface area contributed by atoms with E-state index in [-0.39, 0.29) is 11.5 Å². The van der Waals surface area contributed by atoms with Gasteiger partial charge in [-0.15, -0.1) is 0 Å². The van der Waals surface area contributed by atoms with Crippen LogP contribution in [0.4, 0.5) is 0 Å². The van der Waals surface area contributed by atoms with Gasteiger partial charge in [-0.05, 0) is 61.1 Å². The molecule has 0 spiro atoms. The van der Waals surface area contributed by atoms with Gasteiger partial charge in [-0.1, -0.05) is 25.4 Å². The summed E-state index contributed by atoms with van der Waals surface area (Å²) >= 11 is 6.00. The van der Waals surface area contributed by atoms with Crippen LogP contribution >= 0.6 is 11.6 Å². The molecule has 2 aromatic rings. The first kappa shape index (κ1) is 13.7. The summed E-state index contributed by atoms with van der Waals surface area (Å²) in [5, 5.41) is 0.768. The van der Waals surface area contributed by atoms with Crippen LogP contribution in [0.15, 0.2) is 30.3 Å². The average molecular weight is 289 g/mol. The number of fused-ring (bicyclic) bond motifs is 1. The van der Waals surface area contributed by atoms with Crippen LogP contribution in [0.1, 0.15) is 43.3 Å². The smallest absolute Gasteiger partial charge is 0.0456 e. The largest absolute Gasteiger partial charge is 0.324 e. The van der Waals surface area contributed by atoms with Crippen LogP contribution in [-0.2, 0) is 6.42 Å². The molecular formula is C17H21ClN2. The Labute approximate surface area is 125 Å².